The van der Waals surface area contributed by atoms with Crippen molar-refractivity contribution in [3.05, 3.63) is 65.7 Å². The minimum absolute atomic E-state index is 0.0723. The fourth-order valence-electron chi connectivity index (χ4n) is 2.21. The van der Waals surface area contributed by atoms with Crippen LogP contribution in [0.5, 0.6) is 0 Å². The summed E-state index contributed by atoms with van der Waals surface area (Å²) in [5.74, 6) is -0.0723. The van der Waals surface area contributed by atoms with E-state index < -0.39 is 0 Å². The fourth-order valence-corrected chi connectivity index (χ4v) is 2.21. The molecule has 0 unspecified atom stereocenters. The summed E-state index contributed by atoms with van der Waals surface area (Å²) in [6, 6.07) is 11.3. The first-order valence-electron chi connectivity index (χ1n) is 6.31. The molecule has 1 aromatic carbocycles. The Hall–Kier alpha value is -2.69. The minimum atomic E-state index is -0.0723. The molecule has 0 aliphatic rings. The number of carbonyl (C=O) groups excluding carboxylic acids is 1. The summed E-state index contributed by atoms with van der Waals surface area (Å²) < 4.78 is 3.29. The summed E-state index contributed by atoms with van der Waals surface area (Å²) in [7, 11) is 1.80. The first kappa shape index (κ1) is 12.3. The van der Waals surface area contributed by atoms with Gasteiger partial charge in [0.2, 0.25) is 5.78 Å². The molecule has 0 bridgehead atoms. The number of hydrogen-bond donors (Lipinski definition) is 0. The molecule has 0 amide bonds. The zero-order chi connectivity index (χ0) is 14.1. The molecule has 0 saturated carbocycles. The highest BCUT2D eigenvalue weighted by Crippen LogP contribution is 2.16. The van der Waals surface area contributed by atoms with Crippen LogP contribution in [0.15, 0.2) is 48.8 Å². The second-order valence-corrected chi connectivity index (χ2v) is 4.59. The van der Waals surface area contributed by atoms with E-state index in [-0.39, 0.29) is 5.78 Å². The van der Waals surface area contributed by atoms with Crippen LogP contribution < -0.4 is 0 Å². The van der Waals surface area contributed by atoms with Crippen molar-refractivity contribution in [3.63, 3.8) is 0 Å². The number of hydrogen-bond acceptors (Lipinski definition) is 3. The Morgan fingerprint density at radius 2 is 1.90 bits per heavy atom. The van der Waals surface area contributed by atoms with Crippen LogP contribution >= 0.6 is 0 Å². The molecule has 100 valence electrons. The second-order valence-electron chi connectivity index (χ2n) is 4.59. The topological polar surface area (TPSA) is 52.7 Å². The standard InChI is InChI=1S/C15H14N4O/c1-11-13(10-18(2)17-11)15(20)14-8-9-16-19(14)12-6-4-3-5-7-12/h3-10H,1-2H3. The number of aromatic nitrogens is 4. The highest BCUT2D eigenvalue weighted by molar-refractivity contribution is 6.08. The van der Waals surface area contributed by atoms with Gasteiger partial charge in [-0.1, -0.05) is 18.2 Å². The lowest BCUT2D eigenvalue weighted by Gasteiger charge is -2.05. The summed E-state index contributed by atoms with van der Waals surface area (Å²) in [5.41, 5.74) is 2.72. The van der Waals surface area contributed by atoms with Crippen molar-refractivity contribution >= 4 is 5.78 Å². The van der Waals surface area contributed by atoms with Gasteiger partial charge in [0.15, 0.2) is 0 Å². The quantitative estimate of drug-likeness (QED) is 0.682. The van der Waals surface area contributed by atoms with Gasteiger partial charge in [-0.15, -0.1) is 0 Å². The Labute approximate surface area is 116 Å². The van der Waals surface area contributed by atoms with Gasteiger partial charge in [-0.3, -0.25) is 9.48 Å². The monoisotopic (exact) mass is 266 g/mol. The fraction of sp³-hybridized carbons (Fsp3) is 0.133. The average molecular weight is 266 g/mol. The van der Waals surface area contributed by atoms with Gasteiger partial charge in [0, 0.05) is 13.2 Å². The molecule has 20 heavy (non-hydrogen) atoms. The van der Waals surface area contributed by atoms with E-state index in [1.54, 1.807) is 34.9 Å². The first-order valence-corrected chi connectivity index (χ1v) is 6.31. The van der Waals surface area contributed by atoms with E-state index in [1.165, 1.54) is 0 Å². The van der Waals surface area contributed by atoms with Crippen molar-refractivity contribution in [3.8, 4) is 5.69 Å². The zero-order valence-corrected chi connectivity index (χ0v) is 11.3. The third-order valence-electron chi connectivity index (χ3n) is 3.13. The van der Waals surface area contributed by atoms with Gasteiger partial charge >= 0.3 is 0 Å². The van der Waals surface area contributed by atoms with Crippen LogP contribution in [0.3, 0.4) is 0 Å². The summed E-state index contributed by atoms with van der Waals surface area (Å²) in [6.45, 7) is 1.83. The largest absolute Gasteiger partial charge is 0.287 e. The lowest BCUT2D eigenvalue weighted by atomic mass is 10.1. The van der Waals surface area contributed by atoms with E-state index >= 15 is 0 Å². The molecule has 2 heterocycles. The molecule has 0 radical (unpaired) electrons. The van der Waals surface area contributed by atoms with E-state index in [4.69, 9.17) is 0 Å². The number of aryl methyl sites for hydroxylation is 2. The zero-order valence-electron chi connectivity index (χ0n) is 11.3. The molecular weight excluding hydrogens is 252 g/mol. The predicted molar refractivity (Wildman–Crippen MR) is 74.9 cm³/mol. The van der Waals surface area contributed by atoms with Crippen molar-refractivity contribution < 1.29 is 4.79 Å². The molecule has 0 N–H and O–H groups in total. The predicted octanol–water partition coefficient (Wildman–Crippen LogP) is 2.15. The van der Waals surface area contributed by atoms with Crippen LogP contribution in [0.1, 0.15) is 21.7 Å². The Kier molecular flexibility index (Phi) is 2.95. The number of rotatable bonds is 3. The molecule has 5 nitrogen and oxygen atoms in total. The molecule has 0 saturated heterocycles. The molecule has 0 spiro atoms. The van der Waals surface area contributed by atoms with Gasteiger partial charge in [0.25, 0.3) is 0 Å². The molecule has 0 fully saturated rings. The molecule has 0 atom stereocenters. The van der Waals surface area contributed by atoms with Crippen LogP contribution in [0.2, 0.25) is 0 Å². The summed E-state index contributed by atoms with van der Waals surface area (Å²) >= 11 is 0. The van der Waals surface area contributed by atoms with Gasteiger partial charge in [-0.2, -0.15) is 10.2 Å². The molecule has 3 rings (SSSR count). The van der Waals surface area contributed by atoms with Crippen molar-refractivity contribution in [2.75, 3.05) is 0 Å². The van der Waals surface area contributed by atoms with E-state index in [0.717, 1.165) is 11.4 Å². The number of ketones is 1. The molecule has 0 aliphatic heterocycles. The van der Waals surface area contributed by atoms with E-state index in [1.807, 2.05) is 37.3 Å². The summed E-state index contributed by atoms with van der Waals surface area (Å²) in [4.78, 5) is 12.6. The second kappa shape index (κ2) is 4.77. The van der Waals surface area contributed by atoms with Crippen LogP contribution in [0.25, 0.3) is 5.69 Å². The van der Waals surface area contributed by atoms with Crippen LogP contribution in [-0.4, -0.2) is 25.3 Å². The smallest absolute Gasteiger partial charge is 0.214 e. The number of para-hydroxylation sites is 1. The Morgan fingerprint density at radius 3 is 2.55 bits per heavy atom. The van der Waals surface area contributed by atoms with Crippen LogP contribution in [-0.2, 0) is 7.05 Å². The van der Waals surface area contributed by atoms with Crippen LogP contribution in [0.4, 0.5) is 0 Å². The number of carbonyl (C=O) groups is 1. The van der Waals surface area contributed by atoms with Gasteiger partial charge in [0.1, 0.15) is 5.69 Å². The highest BCUT2D eigenvalue weighted by atomic mass is 16.1. The van der Waals surface area contributed by atoms with E-state index in [2.05, 4.69) is 10.2 Å². The number of benzene rings is 1. The molecule has 2 aromatic heterocycles. The average Bonchev–Trinajstić information content (AvgIpc) is 3.05. The summed E-state index contributed by atoms with van der Waals surface area (Å²) in [5, 5.41) is 8.45. The SMILES string of the molecule is Cc1nn(C)cc1C(=O)c1ccnn1-c1ccccc1. The maximum atomic E-state index is 12.6. The lowest BCUT2D eigenvalue weighted by molar-refractivity contribution is 0.103. The van der Waals surface area contributed by atoms with Crippen molar-refractivity contribution in [2.45, 2.75) is 6.92 Å². The maximum Gasteiger partial charge on any atom is 0.214 e. The highest BCUT2D eigenvalue weighted by Gasteiger charge is 2.19. The van der Waals surface area contributed by atoms with E-state index in [0.29, 0.717) is 11.3 Å². The third-order valence-corrected chi connectivity index (χ3v) is 3.13. The normalized spacial score (nSPS) is 10.7. The molecule has 0 aliphatic carbocycles. The summed E-state index contributed by atoms with van der Waals surface area (Å²) in [6.07, 6.45) is 3.37. The molecule has 5 heteroatoms. The van der Waals surface area contributed by atoms with Crippen molar-refractivity contribution in [1.82, 2.24) is 19.6 Å². The maximum absolute atomic E-state index is 12.6. The van der Waals surface area contributed by atoms with E-state index in [9.17, 15) is 4.79 Å². The number of nitrogens with zero attached hydrogens (tertiary/aromatic N) is 4. The molecule has 3 aromatic rings. The Bertz CT molecular complexity index is 755. The van der Waals surface area contributed by atoms with Gasteiger partial charge in [-0.05, 0) is 25.1 Å². The van der Waals surface area contributed by atoms with Crippen molar-refractivity contribution in [2.24, 2.45) is 7.05 Å². The van der Waals surface area contributed by atoms with Crippen LogP contribution in [0, 0.1) is 6.92 Å². The van der Waals surface area contributed by atoms with Gasteiger partial charge < -0.3 is 0 Å². The van der Waals surface area contributed by atoms with Gasteiger partial charge in [0.05, 0.1) is 23.1 Å². The lowest BCUT2D eigenvalue weighted by Crippen LogP contribution is -2.10. The minimum Gasteiger partial charge on any atom is -0.287 e. The molecular formula is C15H14N4O. The third kappa shape index (κ3) is 2.03. The Morgan fingerprint density at radius 1 is 1.15 bits per heavy atom. The van der Waals surface area contributed by atoms with Crippen molar-refractivity contribution in [1.29, 1.82) is 0 Å². The first-order chi connectivity index (χ1) is 9.66. The van der Waals surface area contributed by atoms with Gasteiger partial charge in [-0.25, -0.2) is 4.68 Å². The Balaban J connectivity index is 2.06.